The van der Waals surface area contributed by atoms with Crippen molar-refractivity contribution in [1.29, 1.82) is 0 Å². The number of hydrogen-bond acceptors (Lipinski definition) is 3. The van der Waals surface area contributed by atoms with E-state index in [1.165, 1.54) is 4.88 Å². The number of nitrogens with zero attached hydrogens (tertiary/aromatic N) is 1. The fourth-order valence-corrected chi connectivity index (χ4v) is 2.49. The molecule has 0 unspecified atom stereocenters. The minimum atomic E-state index is 0.0191. The van der Waals surface area contributed by atoms with Gasteiger partial charge < -0.3 is 5.11 Å². The van der Waals surface area contributed by atoms with Gasteiger partial charge in [0.05, 0.1) is 4.34 Å². The molecule has 1 rings (SSSR count). The van der Waals surface area contributed by atoms with E-state index in [4.69, 9.17) is 16.7 Å². The Kier molecular flexibility index (Phi) is 4.59. The number of aliphatic hydroxyl groups excluding tert-OH is 1. The quantitative estimate of drug-likeness (QED) is 0.865. The first-order valence-corrected chi connectivity index (χ1v) is 6.21. The van der Waals surface area contributed by atoms with Crippen LogP contribution < -0.4 is 0 Å². The van der Waals surface area contributed by atoms with E-state index in [0.29, 0.717) is 0 Å². The van der Waals surface area contributed by atoms with Gasteiger partial charge in [-0.25, -0.2) is 0 Å². The van der Waals surface area contributed by atoms with Crippen LogP contribution in [-0.4, -0.2) is 29.2 Å². The van der Waals surface area contributed by atoms with Crippen LogP contribution in [0.2, 0.25) is 4.34 Å². The summed E-state index contributed by atoms with van der Waals surface area (Å²) in [6, 6.07) is 3.98. The van der Waals surface area contributed by atoms with Gasteiger partial charge in [0.15, 0.2) is 0 Å². The molecule has 0 aliphatic heterocycles. The number of halogens is 1. The Bertz CT molecular complexity index is 311. The zero-order valence-corrected chi connectivity index (χ0v) is 11.0. The molecule has 0 saturated carbocycles. The van der Waals surface area contributed by atoms with E-state index in [2.05, 4.69) is 31.9 Å². The molecule has 86 valence electrons. The average Bonchev–Trinajstić information content (AvgIpc) is 2.51. The summed E-state index contributed by atoms with van der Waals surface area (Å²) in [5.74, 6) is 0. The second-order valence-electron chi connectivity index (χ2n) is 4.35. The predicted octanol–water partition coefficient (Wildman–Crippen LogP) is 2.99. The van der Waals surface area contributed by atoms with Gasteiger partial charge in [-0.1, -0.05) is 11.6 Å². The summed E-state index contributed by atoms with van der Waals surface area (Å²) < 4.78 is 0.832. The second-order valence-corrected chi connectivity index (χ2v) is 6.15. The summed E-state index contributed by atoms with van der Waals surface area (Å²) in [6.45, 7) is 5.38. The average molecular weight is 248 g/mol. The van der Waals surface area contributed by atoms with Gasteiger partial charge in [-0.15, -0.1) is 11.3 Å². The van der Waals surface area contributed by atoms with E-state index >= 15 is 0 Å². The SMILES string of the molecule is CN(Cc1ccc(Cl)s1)C(C)(C)CCO. The van der Waals surface area contributed by atoms with Gasteiger partial charge in [0.25, 0.3) is 0 Å². The van der Waals surface area contributed by atoms with Crippen molar-refractivity contribution in [1.82, 2.24) is 4.90 Å². The van der Waals surface area contributed by atoms with Gasteiger partial charge in [-0.3, -0.25) is 4.90 Å². The van der Waals surface area contributed by atoms with Gasteiger partial charge in [0, 0.05) is 23.6 Å². The first-order chi connectivity index (χ1) is 6.95. The van der Waals surface area contributed by atoms with E-state index in [9.17, 15) is 0 Å². The van der Waals surface area contributed by atoms with Crippen LogP contribution in [0.1, 0.15) is 25.1 Å². The van der Waals surface area contributed by atoms with Crippen molar-refractivity contribution < 1.29 is 5.11 Å². The van der Waals surface area contributed by atoms with Crippen LogP contribution in [0, 0.1) is 0 Å². The molecule has 0 aliphatic rings. The van der Waals surface area contributed by atoms with Gasteiger partial charge >= 0.3 is 0 Å². The second kappa shape index (κ2) is 5.30. The Morgan fingerprint density at radius 2 is 2.13 bits per heavy atom. The lowest BCUT2D eigenvalue weighted by Crippen LogP contribution is -2.41. The highest BCUT2D eigenvalue weighted by Crippen LogP contribution is 2.25. The molecular weight excluding hydrogens is 230 g/mol. The number of rotatable bonds is 5. The Balaban J connectivity index is 2.58. The third-order valence-corrected chi connectivity index (χ3v) is 3.99. The minimum absolute atomic E-state index is 0.0191. The lowest BCUT2D eigenvalue weighted by Gasteiger charge is -2.35. The van der Waals surface area contributed by atoms with Crippen molar-refractivity contribution in [3.8, 4) is 0 Å². The Morgan fingerprint density at radius 3 is 2.60 bits per heavy atom. The Morgan fingerprint density at radius 1 is 1.47 bits per heavy atom. The number of thiophene rings is 1. The van der Waals surface area contributed by atoms with Crippen LogP contribution in [0.25, 0.3) is 0 Å². The van der Waals surface area contributed by atoms with Crippen LogP contribution in [0.15, 0.2) is 12.1 Å². The Labute approximate surface area is 100 Å². The molecule has 0 spiro atoms. The molecule has 0 radical (unpaired) electrons. The van der Waals surface area contributed by atoms with Gasteiger partial charge in [-0.2, -0.15) is 0 Å². The van der Waals surface area contributed by atoms with E-state index in [1.807, 2.05) is 6.07 Å². The molecule has 1 aromatic rings. The van der Waals surface area contributed by atoms with Crippen LogP contribution in [0.4, 0.5) is 0 Å². The van der Waals surface area contributed by atoms with Gasteiger partial charge in [-0.05, 0) is 39.4 Å². The van der Waals surface area contributed by atoms with Crippen LogP contribution in [0.3, 0.4) is 0 Å². The van der Waals surface area contributed by atoms with E-state index in [-0.39, 0.29) is 12.1 Å². The minimum Gasteiger partial charge on any atom is -0.396 e. The smallest absolute Gasteiger partial charge is 0.0931 e. The highest BCUT2D eigenvalue weighted by Gasteiger charge is 2.22. The maximum atomic E-state index is 8.98. The summed E-state index contributed by atoms with van der Waals surface area (Å²) in [4.78, 5) is 3.50. The van der Waals surface area contributed by atoms with Crippen molar-refractivity contribution in [3.63, 3.8) is 0 Å². The van der Waals surface area contributed by atoms with Crippen LogP contribution in [-0.2, 0) is 6.54 Å². The van der Waals surface area contributed by atoms with Crippen molar-refractivity contribution >= 4 is 22.9 Å². The first kappa shape index (κ1) is 13.0. The molecule has 15 heavy (non-hydrogen) atoms. The van der Waals surface area contributed by atoms with Crippen molar-refractivity contribution in [3.05, 3.63) is 21.3 Å². The monoisotopic (exact) mass is 247 g/mol. The highest BCUT2D eigenvalue weighted by atomic mass is 35.5. The molecule has 0 bridgehead atoms. The maximum Gasteiger partial charge on any atom is 0.0931 e. The summed E-state index contributed by atoms with van der Waals surface area (Å²) in [6.07, 6.45) is 0.780. The van der Waals surface area contributed by atoms with Crippen molar-refractivity contribution in [2.45, 2.75) is 32.4 Å². The predicted molar refractivity (Wildman–Crippen MR) is 66.6 cm³/mol. The topological polar surface area (TPSA) is 23.5 Å². The van der Waals surface area contributed by atoms with Crippen LogP contribution >= 0.6 is 22.9 Å². The molecule has 0 aromatic carbocycles. The molecular formula is C11H18ClNOS. The Hall–Kier alpha value is -0.0900. The molecule has 2 nitrogen and oxygen atoms in total. The lowest BCUT2D eigenvalue weighted by molar-refractivity contribution is 0.111. The molecule has 1 N–H and O–H groups in total. The van der Waals surface area contributed by atoms with Gasteiger partial charge in [0.1, 0.15) is 0 Å². The fraction of sp³-hybridized carbons (Fsp3) is 0.636. The summed E-state index contributed by atoms with van der Waals surface area (Å²) in [5, 5.41) is 8.98. The molecule has 0 saturated heterocycles. The molecule has 0 amide bonds. The van der Waals surface area contributed by atoms with Crippen molar-refractivity contribution in [2.75, 3.05) is 13.7 Å². The first-order valence-electron chi connectivity index (χ1n) is 5.02. The normalized spacial score (nSPS) is 12.4. The highest BCUT2D eigenvalue weighted by molar-refractivity contribution is 7.16. The lowest BCUT2D eigenvalue weighted by atomic mass is 9.99. The maximum absolute atomic E-state index is 8.98. The van der Waals surface area contributed by atoms with E-state index in [1.54, 1.807) is 11.3 Å². The molecule has 4 heteroatoms. The molecule has 0 fully saturated rings. The summed E-state index contributed by atoms with van der Waals surface area (Å²) in [7, 11) is 2.07. The van der Waals surface area contributed by atoms with Gasteiger partial charge in [0.2, 0.25) is 0 Å². The van der Waals surface area contributed by atoms with E-state index in [0.717, 1.165) is 17.3 Å². The fourth-order valence-electron chi connectivity index (χ4n) is 1.35. The third kappa shape index (κ3) is 3.76. The molecule has 1 aromatic heterocycles. The molecule has 0 aliphatic carbocycles. The van der Waals surface area contributed by atoms with E-state index < -0.39 is 0 Å². The largest absolute Gasteiger partial charge is 0.396 e. The molecule has 1 heterocycles. The molecule has 0 atom stereocenters. The standard InChI is InChI=1S/C11H18ClNOS/c1-11(2,6-7-14)13(3)8-9-4-5-10(12)15-9/h4-5,14H,6-8H2,1-3H3. The zero-order chi connectivity index (χ0) is 11.5. The summed E-state index contributed by atoms with van der Waals surface area (Å²) in [5.41, 5.74) is 0.0191. The summed E-state index contributed by atoms with van der Waals surface area (Å²) >= 11 is 7.49. The third-order valence-electron chi connectivity index (χ3n) is 2.78. The van der Waals surface area contributed by atoms with Crippen molar-refractivity contribution in [2.24, 2.45) is 0 Å². The van der Waals surface area contributed by atoms with Crippen LogP contribution in [0.5, 0.6) is 0 Å². The number of hydrogen-bond donors (Lipinski definition) is 1. The zero-order valence-electron chi connectivity index (χ0n) is 9.46. The number of aliphatic hydroxyl groups is 1.